The second kappa shape index (κ2) is 5.71. The van der Waals surface area contributed by atoms with Gasteiger partial charge in [-0.15, -0.1) is 0 Å². The van der Waals surface area contributed by atoms with Crippen LogP contribution in [0, 0.1) is 5.82 Å². The number of hydrogen-bond acceptors (Lipinski definition) is 4. The Kier molecular flexibility index (Phi) is 4.01. The van der Waals surface area contributed by atoms with Crippen LogP contribution in [0.3, 0.4) is 0 Å². The van der Waals surface area contributed by atoms with Crippen LogP contribution in [-0.2, 0) is 6.54 Å². The zero-order valence-corrected chi connectivity index (χ0v) is 11.2. The smallest absolute Gasteiger partial charge is 0.157 e. The summed E-state index contributed by atoms with van der Waals surface area (Å²) in [4.78, 5) is 10.2. The molecule has 0 bridgehead atoms. The molecule has 0 unspecified atom stereocenters. The SMILES string of the molecule is CN(Cc1ccccc1F)c1nccnc1C(N)=S. The Labute approximate surface area is 116 Å². The average Bonchev–Trinajstić information content (AvgIpc) is 2.41. The summed E-state index contributed by atoms with van der Waals surface area (Å²) in [5.41, 5.74) is 6.62. The fourth-order valence-corrected chi connectivity index (χ4v) is 1.88. The Morgan fingerprint density at radius 2 is 2.00 bits per heavy atom. The van der Waals surface area contributed by atoms with Crippen LogP contribution in [0.4, 0.5) is 10.2 Å². The van der Waals surface area contributed by atoms with Gasteiger partial charge in [0.05, 0.1) is 0 Å². The van der Waals surface area contributed by atoms with Gasteiger partial charge in [-0.25, -0.2) is 14.4 Å². The molecule has 2 aromatic rings. The lowest BCUT2D eigenvalue weighted by Gasteiger charge is -2.20. The number of nitrogens with zero attached hydrogens (tertiary/aromatic N) is 3. The fourth-order valence-electron chi connectivity index (χ4n) is 1.74. The summed E-state index contributed by atoms with van der Waals surface area (Å²) >= 11 is 4.93. The lowest BCUT2D eigenvalue weighted by Crippen LogP contribution is -2.24. The minimum absolute atomic E-state index is 0.170. The van der Waals surface area contributed by atoms with Gasteiger partial charge in [0.15, 0.2) is 5.82 Å². The molecule has 19 heavy (non-hydrogen) atoms. The molecule has 0 fully saturated rings. The zero-order chi connectivity index (χ0) is 13.8. The molecule has 0 aliphatic rings. The molecule has 0 amide bonds. The first-order chi connectivity index (χ1) is 9.09. The van der Waals surface area contributed by atoms with Gasteiger partial charge in [-0.1, -0.05) is 30.4 Å². The molecular formula is C13H13FN4S. The molecule has 0 spiro atoms. The van der Waals surface area contributed by atoms with Crippen molar-refractivity contribution in [3.8, 4) is 0 Å². The highest BCUT2D eigenvalue weighted by molar-refractivity contribution is 7.80. The Bertz CT molecular complexity index is 603. The maximum atomic E-state index is 13.6. The largest absolute Gasteiger partial charge is 0.388 e. The molecule has 1 aromatic heterocycles. The van der Waals surface area contributed by atoms with E-state index in [1.807, 2.05) is 0 Å². The third-order valence-corrected chi connectivity index (χ3v) is 2.83. The summed E-state index contributed by atoms with van der Waals surface area (Å²) in [6, 6.07) is 6.59. The van der Waals surface area contributed by atoms with Crippen LogP contribution in [0.5, 0.6) is 0 Å². The summed E-state index contributed by atoms with van der Waals surface area (Å²) in [6.07, 6.45) is 3.07. The van der Waals surface area contributed by atoms with Crippen LogP contribution in [0.15, 0.2) is 36.7 Å². The first kappa shape index (κ1) is 13.4. The Morgan fingerprint density at radius 1 is 1.32 bits per heavy atom. The Hall–Kier alpha value is -2.08. The highest BCUT2D eigenvalue weighted by Gasteiger charge is 2.13. The summed E-state index contributed by atoms with van der Waals surface area (Å²) in [7, 11) is 1.79. The first-order valence-corrected chi connectivity index (χ1v) is 6.05. The summed E-state index contributed by atoms with van der Waals surface area (Å²) < 4.78 is 13.6. The summed E-state index contributed by atoms with van der Waals surface area (Å²) in [5, 5.41) is 0. The van der Waals surface area contributed by atoms with Gasteiger partial charge >= 0.3 is 0 Å². The molecule has 0 saturated heterocycles. The van der Waals surface area contributed by atoms with Crippen LogP contribution in [0.1, 0.15) is 11.3 Å². The Morgan fingerprint density at radius 3 is 2.68 bits per heavy atom. The molecule has 1 aromatic carbocycles. The van der Waals surface area contributed by atoms with E-state index in [2.05, 4.69) is 9.97 Å². The van der Waals surface area contributed by atoms with Crippen molar-refractivity contribution in [2.75, 3.05) is 11.9 Å². The normalized spacial score (nSPS) is 10.2. The third kappa shape index (κ3) is 3.03. The minimum atomic E-state index is -0.255. The standard InChI is InChI=1S/C13H13FN4S/c1-18(8-9-4-2-3-5-10(9)14)13-11(12(15)19)16-6-7-17-13/h2-7H,8H2,1H3,(H2,15,19). The third-order valence-electron chi connectivity index (χ3n) is 2.64. The topological polar surface area (TPSA) is 55.0 Å². The molecule has 0 radical (unpaired) electrons. The van der Waals surface area contributed by atoms with Crippen molar-refractivity contribution >= 4 is 23.0 Å². The van der Waals surface area contributed by atoms with Gasteiger partial charge in [0.2, 0.25) is 0 Å². The van der Waals surface area contributed by atoms with Crippen LogP contribution in [0.25, 0.3) is 0 Å². The molecule has 0 aliphatic heterocycles. The Balaban J connectivity index is 2.28. The van der Waals surface area contributed by atoms with Crippen molar-refractivity contribution in [2.24, 2.45) is 5.73 Å². The van der Waals surface area contributed by atoms with Crippen molar-refractivity contribution < 1.29 is 4.39 Å². The van der Waals surface area contributed by atoms with Crippen molar-refractivity contribution in [2.45, 2.75) is 6.54 Å². The van der Waals surface area contributed by atoms with Crippen LogP contribution >= 0.6 is 12.2 Å². The molecule has 0 atom stereocenters. The minimum Gasteiger partial charge on any atom is -0.388 e. The van der Waals surface area contributed by atoms with Gasteiger partial charge in [0.1, 0.15) is 16.5 Å². The average molecular weight is 276 g/mol. The molecule has 1 heterocycles. The number of aromatic nitrogens is 2. The van der Waals surface area contributed by atoms with E-state index < -0.39 is 0 Å². The van der Waals surface area contributed by atoms with Gasteiger partial charge in [-0.3, -0.25) is 0 Å². The fraction of sp³-hybridized carbons (Fsp3) is 0.154. The maximum absolute atomic E-state index is 13.6. The van der Waals surface area contributed by atoms with E-state index in [0.717, 1.165) is 0 Å². The lowest BCUT2D eigenvalue weighted by molar-refractivity contribution is 0.607. The highest BCUT2D eigenvalue weighted by atomic mass is 32.1. The number of benzene rings is 1. The number of nitrogens with two attached hydrogens (primary N) is 1. The van der Waals surface area contributed by atoms with Crippen molar-refractivity contribution in [3.05, 3.63) is 53.7 Å². The molecule has 6 heteroatoms. The van der Waals surface area contributed by atoms with Crippen LogP contribution < -0.4 is 10.6 Å². The monoisotopic (exact) mass is 276 g/mol. The lowest BCUT2D eigenvalue weighted by atomic mass is 10.2. The van der Waals surface area contributed by atoms with E-state index in [0.29, 0.717) is 23.6 Å². The predicted molar refractivity (Wildman–Crippen MR) is 76.4 cm³/mol. The molecule has 0 saturated carbocycles. The van der Waals surface area contributed by atoms with E-state index in [9.17, 15) is 4.39 Å². The van der Waals surface area contributed by atoms with Gasteiger partial charge in [-0.05, 0) is 6.07 Å². The quantitative estimate of drug-likeness (QED) is 0.864. The van der Waals surface area contributed by atoms with E-state index in [1.54, 1.807) is 36.3 Å². The van der Waals surface area contributed by atoms with Crippen molar-refractivity contribution in [3.63, 3.8) is 0 Å². The second-order valence-corrected chi connectivity index (χ2v) is 4.48. The molecule has 2 N–H and O–H groups in total. The summed E-state index contributed by atoms with van der Waals surface area (Å²) in [6.45, 7) is 0.362. The number of thiocarbonyl (C=S) groups is 1. The van der Waals surface area contributed by atoms with Gasteiger partial charge in [-0.2, -0.15) is 0 Å². The predicted octanol–water partition coefficient (Wildman–Crippen LogP) is 1.89. The van der Waals surface area contributed by atoms with E-state index in [-0.39, 0.29) is 10.8 Å². The van der Waals surface area contributed by atoms with Crippen LogP contribution in [0.2, 0.25) is 0 Å². The number of anilines is 1. The number of hydrogen-bond donors (Lipinski definition) is 1. The second-order valence-electron chi connectivity index (χ2n) is 4.04. The highest BCUT2D eigenvalue weighted by Crippen LogP contribution is 2.17. The van der Waals surface area contributed by atoms with Crippen molar-refractivity contribution in [1.82, 2.24) is 9.97 Å². The molecule has 4 nitrogen and oxygen atoms in total. The molecular weight excluding hydrogens is 263 g/mol. The first-order valence-electron chi connectivity index (χ1n) is 5.65. The number of halogens is 1. The van der Waals surface area contributed by atoms with Gasteiger partial charge < -0.3 is 10.6 Å². The van der Waals surface area contributed by atoms with E-state index in [1.165, 1.54) is 12.3 Å². The van der Waals surface area contributed by atoms with Gasteiger partial charge in [0.25, 0.3) is 0 Å². The zero-order valence-electron chi connectivity index (χ0n) is 10.4. The summed E-state index contributed by atoms with van der Waals surface area (Å²) in [5.74, 6) is 0.286. The van der Waals surface area contributed by atoms with E-state index >= 15 is 0 Å². The molecule has 98 valence electrons. The van der Waals surface area contributed by atoms with E-state index in [4.69, 9.17) is 18.0 Å². The van der Waals surface area contributed by atoms with Crippen LogP contribution in [-0.4, -0.2) is 22.0 Å². The molecule has 2 rings (SSSR count). The maximum Gasteiger partial charge on any atom is 0.157 e. The number of rotatable bonds is 4. The molecule has 0 aliphatic carbocycles. The van der Waals surface area contributed by atoms with Crippen molar-refractivity contribution in [1.29, 1.82) is 0 Å². The van der Waals surface area contributed by atoms with Gasteiger partial charge in [0, 0.05) is 31.5 Å².